The summed E-state index contributed by atoms with van der Waals surface area (Å²) in [6, 6.07) is 12.3. The van der Waals surface area contributed by atoms with Crippen LogP contribution in [-0.4, -0.2) is 14.2 Å². The van der Waals surface area contributed by atoms with Crippen molar-refractivity contribution < 1.29 is 9.47 Å². The average molecular weight is 512 g/mol. The molecule has 2 aromatic rings. The molecule has 0 amide bonds. The first kappa shape index (κ1) is 16.1. The van der Waals surface area contributed by atoms with Gasteiger partial charge in [0.25, 0.3) is 0 Å². The van der Waals surface area contributed by atoms with E-state index in [1.807, 2.05) is 12.1 Å². The van der Waals surface area contributed by atoms with E-state index >= 15 is 0 Å². The summed E-state index contributed by atoms with van der Waals surface area (Å²) in [5.41, 5.74) is 2.21. The summed E-state index contributed by atoms with van der Waals surface area (Å²) >= 11 is 9.52. The van der Waals surface area contributed by atoms with Crippen LogP contribution in [0.1, 0.15) is 16.0 Å². The van der Waals surface area contributed by atoms with Crippen LogP contribution in [0.15, 0.2) is 40.9 Å². The van der Waals surface area contributed by atoms with Crippen LogP contribution in [0.2, 0.25) is 0 Å². The third-order valence-corrected chi connectivity index (χ3v) is 5.30. The molecular weight excluding hydrogens is 499 g/mol. The van der Waals surface area contributed by atoms with Crippen molar-refractivity contribution in [3.63, 3.8) is 0 Å². The Hall–Kier alpha value is -0.270. The molecule has 106 valence electrons. The first-order chi connectivity index (χ1) is 9.56. The molecule has 5 heteroatoms. The predicted octanol–water partition coefficient (Wildman–Crippen LogP) is 5.56. The number of rotatable bonds is 4. The molecule has 2 rings (SSSR count). The van der Waals surface area contributed by atoms with E-state index in [9.17, 15) is 0 Å². The van der Waals surface area contributed by atoms with E-state index in [2.05, 4.69) is 78.7 Å². The van der Waals surface area contributed by atoms with Gasteiger partial charge < -0.3 is 9.47 Å². The van der Waals surface area contributed by atoms with E-state index in [0.29, 0.717) is 0 Å². The summed E-state index contributed by atoms with van der Waals surface area (Å²) < 4.78 is 12.9. The molecule has 0 heterocycles. The second-order valence-electron chi connectivity index (χ2n) is 4.14. The Morgan fingerprint density at radius 1 is 1.00 bits per heavy atom. The Morgan fingerprint density at radius 3 is 2.15 bits per heavy atom. The average Bonchev–Trinajstić information content (AvgIpc) is 2.47. The van der Waals surface area contributed by atoms with Crippen LogP contribution in [0.25, 0.3) is 0 Å². The molecule has 0 aromatic heterocycles. The standard InChI is InChI=1S/C15H13Br2IO2/c1-19-13-8-12(16)14(20-2)7-11(13)15(17)9-3-5-10(18)6-4-9/h3-8,15H,1-2H3. The highest BCUT2D eigenvalue weighted by Gasteiger charge is 2.18. The highest BCUT2D eigenvalue weighted by molar-refractivity contribution is 14.1. The van der Waals surface area contributed by atoms with Gasteiger partial charge in [0.05, 0.1) is 23.5 Å². The van der Waals surface area contributed by atoms with Crippen molar-refractivity contribution >= 4 is 54.5 Å². The number of benzene rings is 2. The lowest BCUT2D eigenvalue weighted by molar-refractivity contribution is 0.397. The van der Waals surface area contributed by atoms with E-state index in [1.165, 1.54) is 9.13 Å². The number of methoxy groups -OCH3 is 2. The van der Waals surface area contributed by atoms with Crippen LogP contribution in [0.3, 0.4) is 0 Å². The fourth-order valence-corrected chi connectivity index (χ4v) is 3.40. The molecule has 0 radical (unpaired) electrons. The first-order valence-electron chi connectivity index (χ1n) is 5.87. The summed E-state index contributed by atoms with van der Waals surface area (Å²) in [7, 11) is 3.33. The zero-order valence-corrected chi connectivity index (χ0v) is 16.3. The van der Waals surface area contributed by atoms with Crippen LogP contribution in [0.5, 0.6) is 11.5 Å². The zero-order valence-electron chi connectivity index (χ0n) is 11.0. The van der Waals surface area contributed by atoms with E-state index in [4.69, 9.17) is 9.47 Å². The van der Waals surface area contributed by atoms with Gasteiger partial charge in [0.15, 0.2) is 0 Å². The summed E-state index contributed by atoms with van der Waals surface area (Å²) in [6.07, 6.45) is 0. The fourth-order valence-electron chi connectivity index (χ4n) is 1.89. The van der Waals surface area contributed by atoms with E-state index in [-0.39, 0.29) is 4.83 Å². The summed E-state index contributed by atoms with van der Waals surface area (Å²) in [5, 5.41) is 0. The van der Waals surface area contributed by atoms with Crippen molar-refractivity contribution in [1.29, 1.82) is 0 Å². The Morgan fingerprint density at radius 2 is 1.60 bits per heavy atom. The lowest BCUT2D eigenvalue weighted by Gasteiger charge is -2.17. The number of halogens is 3. The number of hydrogen-bond donors (Lipinski definition) is 0. The van der Waals surface area contributed by atoms with Crippen LogP contribution < -0.4 is 9.47 Å². The molecule has 2 aromatic carbocycles. The third kappa shape index (κ3) is 3.49. The zero-order chi connectivity index (χ0) is 14.7. The predicted molar refractivity (Wildman–Crippen MR) is 97.2 cm³/mol. The molecule has 0 aliphatic carbocycles. The van der Waals surface area contributed by atoms with Gasteiger partial charge in [0.2, 0.25) is 0 Å². The second-order valence-corrected chi connectivity index (χ2v) is 7.16. The van der Waals surface area contributed by atoms with E-state index in [0.717, 1.165) is 21.5 Å². The second kappa shape index (κ2) is 7.13. The first-order valence-corrected chi connectivity index (χ1v) is 8.66. The largest absolute Gasteiger partial charge is 0.496 e. The van der Waals surface area contributed by atoms with Crippen molar-refractivity contribution in [2.45, 2.75) is 4.83 Å². The lowest BCUT2D eigenvalue weighted by Crippen LogP contribution is -1.99. The molecule has 0 saturated carbocycles. The third-order valence-electron chi connectivity index (χ3n) is 2.94. The van der Waals surface area contributed by atoms with Gasteiger partial charge in [-0.2, -0.15) is 0 Å². The van der Waals surface area contributed by atoms with Gasteiger partial charge in [-0.1, -0.05) is 28.1 Å². The normalized spacial score (nSPS) is 12.1. The molecule has 0 N–H and O–H groups in total. The number of alkyl halides is 1. The van der Waals surface area contributed by atoms with Gasteiger partial charge in [0, 0.05) is 9.13 Å². The highest BCUT2D eigenvalue weighted by Crippen LogP contribution is 2.41. The van der Waals surface area contributed by atoms with Gasteiger partial charge >= 0.3 is 0 Å². The molecule has 1 unspecified atom stereocenters. The maximum atomic E-state index is 5.47. The molecule has 20 heavy (non-hydrogen) atoms. The van der Waals surface area contributed by atoms with Crippen LogP contribution >= 0.6 is 54.5 Å². The quantitative estimate of drug-likeness (QED) is 0.395. The Bertz CT molecular complexity index is 600. The minimum Gasteiger partial charge on any atom is -0.496 e. The van der Waals surface area contributed by atoms with Crippen molar-refractivity contribution in [1.82, 2.24) is 0 Å². The molecule has 0 aliphatic rings. The Balaban J connectivity index is 2.47. The SMILES string of the molecule is COc1cc(C(Br)c2ccc(I)cc2)c(OC)cc1Br. The molecule has 1 atom stereocenters. The summed E-state index contributed by atoms with van der Waals surface area (Å²) in [6.45, 7) is 0. The summed E-state index contributed by atoms with van der Waals surface area (Å²) in [5.74, 6) is 1.61. The van der Waals surface area contributed by atoms with E-state index < -0.39 is 0 Å². The van der Waals surface area contributed by atoms with Gasteiger partial charge in [-0.3, -0.25) is 0 Å². The molecule has 0 fully saturated rings. The van der Waals surface area contributed by atoms with Gasteiger partial charge in [0.1, 0.15) is 11.5 Å². The molecule has 0 saturated heterocycles. The fraction of sp³-hybridized carbons (Fsp3) is 0.200. The highest BCUT2D eigenvalue weighted by atomic mass is 127. The lowest BCUT2D eigenvalue weighted by atomic mass is 10.0. The number of ether oxygens (including phenoxy) is 2. The Kier molecular flexibility index (Phi) is 5.74. The topological polar surface area (TPSA) is 18.5 Å². The minimum absolute atomic E-state index is 0.0523. The van der Waals surface area contributed by atoms with Gasteiger partial charge in [-0.15, -0.1) is 0 Å². The van der Waals surface area contributed by atoms with Gasteiger partial charge in [-0.05, 0) is 68.3 Å². The van der Waals surface area contributed by atoms with Crippen LogP contribution in [-0.2, 0) is 0 Å². The minimum atomic E-state index is 0.0523. The molecular formula is C15H13Br2IO2. The van der Waals surface area contributed by atoms with Crippen molar-refractivity contribution in [3.05, 3.63) is 55.6 Å². The van der Waals surface area contributed by atoms with Crippen molar-refractivity contribution in [2.24, 2.45) is 0 Å². The molecule has 2 nitrogen and oxygen atoms in total. The van der Waals surface area contributed by atoms with Crippen LogP contribution in [0.4, 0.5) is 0 Å². The monoisotopic (exact) mass is 510 g/mol. The van der Waals surface area contributed by atoms with Crippen molar-refractivity contribution in [3.8, 4) is 11.5 Å². The summed E-state index contributed by atoms with van der Waals surface area (Å²) in [4.78, 5) is 0.0523. The molecule has 0 aliphatic heterocycles. The maximum Gasteiger partial charge on any atom is 0.133 e. The maximum absolute atomic E-state index is 5.47. The van der Waals surface area contributed by atoms with Crippen molar-refractivity contribution in [2.75, 3.05) is 14.2 Å². The number of hydrogen-bond acceptors (Lipinski definition) is 2. The molecule has 0 spiro atoms. The molecule has 0 bridgehead atoms. The smallest absolute Gasteiger partial charge is 0.133 e. The Labute approximate surface area is 149 Å². The van der Waals surface area contributed by atoms with Crippen LogP contribution in [0, 0.1) is 3.57 Å². The van der Waals surface area contributed by atoms with Gasteiger partial charge in [-0.25, -0.2) is 0 Å². The van der Waals surface area contributed by atoms with E-state index in [1.54, 1.807) is 14.2 Å².